The maximum absolute atomic E-state index is 13.0. The Bertz CT molecular complexity index is 280. The molecule has 0 saturated heterocycles. The minimum atomic E-state index is -0.941. The summed E-state index contributed by atoms with van der Waals surface area (Å²) in [5.41, 5.74) is 0.222. The van der Waals surface area contributed by atoms with Gasteiger partial charge in [-0.3, -0.25) is 0 Å². The molecule has 0 spiro atoms. The Morgan fingerprint density at radius 1 is 1.58 bits per heavy atom. The highest BCUT2D eigenvalue weighted by Crippen LogP contribution is 2.22. The summed E-state index contributed by atoms with van der Waals surface area (Å²) in [5, 5.41) is 9.24. The van der Waals surface area contributed by atoms with Crippen molar-refractivity contribution in [1.82, 2.24) is 0 Å². The van der Waals surface area contributed by atoms with Gasteiger partial charge in [-0.05, 0) is 18.2 Å². The molecule has 1 atom stereocenters. The molecule has 0 radical (unpaired) electrons. The first kappa shape index (κ1) is 9.96. The fourth-order valence-corrected chi connectivity index (χ4v) is 1.40. The van der Waals surface area contributed by atoms with Crippen molar-refractivity contribution in [2.24, 2.45) is 0 Å². The van der Waals surface area contributed by atoms with Crippen LogP contribution < -0.4 is 0 Å². The van der Waals surface area contributed by atoms with Crippen LogP contribution in [-0.2, 0) is 0 Å². The van der Waals surface area contributed by atoms with Crippen LogP contribution in [0.4, 0.5) is 4.39 Å². The summed E-state index contributed by atoms with van der Waals surface area (Å²) in [7, 11) is 0. The van der Waals surface area contributed by atoms with Crippen molar-refractivity contribution in [2.75, 3.05) is 5.88 Å². The molecule has 0 heterocycles. The molecule has 1 aromatic rings. The molecule has 0 fully saturated rings. The molecule has 0 bridgehead atoms. The Morgan fingerprint density at radius 3 is 2.83 bits per heavy atom. The van der Waals surface area contributed by atoms with E-state index in [-0.39, 0.29) is 11.4 Å². The van der Waals surface area contributed by atoms with Crippen LogP contribution in [-0.4, -0.2) is 11.0 Å². The van der Waals surface area contributed by atoms with Crippen molar-refractivity contribution in [3.63, 3.8) is 0 Å². The zero-order valence-corrected chi connectivity index (χ0v) is 8.44. The lowest BCUT2D eigenvalue weighted by Gasteiger charge is -2.08. The van der Waals surface area contributed by atoms with Gasteiger partial charge in [-0.15, -0.1) is 11.6 Å². The summed E-state index contributed by atoms with van der Waals surface area (Å²) in [4.78, 5) is 0. The summed E-state index contributed by atoms with van der Waals surface area (Å²) < 4.78 is 13.7. The third kappa shape index (κ3) is 2.19. The number of benzene rings is 1. The predicted molar refractivity (Wildman–Crippen MR) is 49.8 cm³/mol. The number of rotatable bonds is 2. The van der Waals surface area contributed by atoms with E-state index in [1.54, 1.807) is 6.07 Å². The van der Waals surface area contributed by atoms with E-state index in [1.807, 2.05) is 0 Å². The Balaban J connectivity index is 3.04. The van der Waals surface area contributed by atoms with Gasteiger partial charge in [0.05, 0.1) is 12.0 Å². The third-order valence-electron chi connectivity index (χ3n) is 1.46. The minimum Gasteiger partial charge on any atom is -0.387 e. The molecule has 12 heavy (non-hydrogen) atoms. The van der Waals surface area contributed by atoms with Crippen LogP contribution in [0.25, 0.3) is 0 Å². The van der Waals surface area contributed by atoms with Crippen molar-refractivity contribution in [2.45, 2.75) is 6.10 Å². The quantitative estimate of drug-likeness (QED) is 0.804. The molecule has 0 saturated carbocycles. The molecule has 0 unspecified atom stereocenters. The lowest BCUT2D eigenvalue weighted by molar-refractivity contribution is 0.197. The first-order chi connectivity index (χ1) is 5.65. The van der Waals surface area contributed by atoms with Gasteiger partial charge in [0.15, 0.2) is 0 Å². The van der Waals surface area contributed by atoms with Gasteiger partial charge < -0.3 is 5.11 Å². The largest absolute Gasteiger partial charge is 0.387 e. The van der Waals surface area contributed by atoms with E-state index >= 15 is 0 Å². The highest BCUT2D eigenvalue weighted by atomic mass is 79.9. The fourth-order valence-electron chi connectivity index (χ4n) is 0.853. The Morgan fingerprint density at radius 2 is 2.25 bits per heavy atom. The summed E-state index contributed by atoms with van der Waals surface area (Å²) in [6.07, 6.45) is -0.941. The normalized spacial score (nSPS) is 13.0. The van der Waals surface area contributed by atoms with Gasteiger partial charge >= 0.3 is 0 Å². The van der Waals surface area contributed by atoms with Gasteiger partial charge in [0.1, 0.15) is 5.82 Å². The van der Waals surface area contributed by atoms with E-state index in [9.17, 15) is 9.50 Å². The molecule has 1 rings (SSSR count). The Labute approximate surface area is 83.3 Å². The maximum atomic E-state index is 13.0. The Kier molecular flexibility index (Phi) is 3.50. The third-order valence-corrected chi connectivity index (χ3v) is 2.25. The van der Waals surface area contributed by atoms with Gasteiger partial charge in [0.2, 0.25) is 0 Å². The van der Waals surface area contributed by atoms with Crippen LogP contribution in [0.1, 0.15) is 11.7 Å². The molecule has 0 aliphatic rings. The van der Waals surface area contributed by atoms with E-state index in [1.165, 1.54) is 12.1 Å². The second-order valence-corrected chi connectivity index (χ2v) is 3.56. The van der Waals surface area contributed by atoms with Crippen LogP contribution >= 0.6 is 27.5 Å². The highest BCUT2D eigenvalue weighted by Gasteiger charge is 2.11. The number of alkyl halides is 1. The van der Waals surface area contributed by atoms with Crippen molar-refractivity contribution in [1.29, 1.82) is 0 Å². The average molecular weight is 253 g/mol. The zero-order chi connectivity index (χ0) is 9.14. The fraction of sp³-hybridized carbons (Fsp3) is 0.250. The van der Waals surface area contributed by atoms with Crippen LogP contribution in [0, 0.1) is 5.82 Å². The van der Waals surface area contributed by atoms with Crippen molar-refractivity contribution < 1.29 is 9.50 Å². The van der Waals surface area contributed by atoms with Crippen molar-refractivity contribution >= 4 is 27.5 Å². The zero-order valence-electron chi connectivity index (χ0n) is 6.10. The lowest BCUT2D eigenvalue weighted by atomic mass is 10.1. The van der Waals surface area contributed by atoms with Crippen molar-refractivity contribution in [3.05, 3.63) is 34.1 Å². The second kappa shape index (κ2) is 4.21. The number of hydrogen-bond donors (Lipinski definition) is 1. The van der Waals surface area contributed by atoms with E-state index in [4.69, 9.17) is 11.6 Å². The topological polar surface area (TPSA) is 20.2 Å². The van der Waals surface area contributed by atoms with E-state index in [2.05, 4.69) is 15.9 Å². The molecule has 1 N–H and O–H groups in total. The first-order valence-electron chi connectivity index (χ1n) is 3.34. The summed E-state index contributed by atoms with van der Waals surface area (Å²) in [6, 6.07) is 4.37. The van der Waals surface area contributed by atoms with E-state index < -0.39 is 11.9 Å². The van der Waals surface area contributed by atoms with E-state index in [0.717, 1.165) is 4.47 Å². The number of hydrogen-bond acceptors (Lipinski definition) is 1. The smallest absolute Gasteiger partial charge is 0.129 e. The summed E-state index contributed by atoms with van der Waals surface area (Å²) in [5.74, 6) is -0.445. The van der Waals surface area contributed by atoms with Gasteiger partial charge in [0, 0.05) is 10.0 Å². The van der Waals surface area contributed by atoms with Gasteiger partial charge in [-0.25, -0.2) is 4.39 Å². The molecule has 0 aliphatic heterocycles. The molecule has 0 amide bonds. The molecule has 4 heteroatoms. The van der Waals surface area contributed by atoms with Gasteiger partial charge in [-0.1, -0.05) is 15.9 Å². The van der Waals surface area contributed by atoms with Crippen LogP contribution in [0.15, 0.2) is 22.7 Å². The highest BCUT2D eigenvalue weighted by molar-refractivity contribution is 9.10. The molecule has 1 nitrogen and oxygen atoms in total. The predicted octanol–water partition coefficient (Wildman–Crippen LogP) is 2.86. The summed E-state index contributed by atoms with van der Waals surface area (Å²) >= 11 is 8.55. The molecule has 0 aromatic heterocycles. The molecule has 1 aromatic carbocycles. The van der Waals surface area contributed by atoms with E-state index in [0.29, 0.717) is 0 Å². The van der Waals surface area contributed by atoms with Gasteiger partial charge in [0.25, 0.3) is 0 Å². The first-order valence-corrected chi connectivity index (χ1v) is 4.67. The second-order valence-electron chi connectivity index (χ2n) is 2.34. The standard InChI is InChI=1S/C8H7BrClFO/c9-5-1-2-7(11)6(3-5)8(12)4-10/h1-3,8,12H,4H2/t8-/m1/s1. The van der Waals surface area contributed by atoms with Gasteiger partial charge in [-0.2, -0.15) is 0 Å². The lowest BCUT2D eigenvalue weighted by Crippen LogP contribution is -2.01. The maximum Gasteiger partial charge on any atom is 0.129 e. The summed E-state index contributed by atoms with van der Waals surface area (Å²) in [6.45, 7) is 0. The average Bonchev–Trinajstić information content (AvgIpc) is 2.08. The van der Waals surface area contributed by atoms with Crippen LogP contribution in [0.2, 0.25) is 0 Å². The molecule has 0 aliphatic carbocycles. The monoisotopic (exact) mass is 252 g/mol. The SMILES string of the molecule is O[C@H](CCl)c1cc(Br)ccc1F. The molecular formula is C8H7BrClFO. The molecule has 66 valence electrons. The molecular weight excluding hydrogens is 246 g/mol. The number of aliphatic hydroxyl groups excluding tert-OH is 1. The van der Waals surface area contributed by atoms with Crippen molar-refractivity contribution in [3.8, 4) is 0 Å². The van der Waals surface area contributed by atoms with Crippen LogP contribution in [0.3, 0.4) is 0 Å². The minimum absolute atomic E-state index is 0.00657. The number of halogens is 3. The Hall–Kier alpha value is -0.120. The van der Waals surface area contributed by atoms with Crippen LogP contribution in [0.5, 0.6) is 0 Å². The number of aliphatic hydroxyl groups is 1.